The smallest absolute Gasteiger partial charge is 0.246 e. The quantitative estimate of drug-likeness (QED) is 0.811. The zero-order chi connectivity index (χ0) is 13.4. The van der Waals surface area contributed by atoms with Crippen molar-refractivity contribution in [1.29, 1.82) is 0 Å². The average Bonchev–Trinajstić information content (AvgIpc) is 2.85. The van der Waals surface area contributed by atoms with E-state index >= 15 is 0 Å². The number of hydrogen-bond donors (Lipinski definition) is 1. The van der Waals surface area contributed by atoms with Crippen molar-refractivity contribution in [2.75, 3.05) is 18.8 Å². The van der Waals surface area contributed by atoms with Crippen LogP contribution in [-0.2, 0) is 16.1 Å². The SMILES string of the molecule is Nc1ccnc(CN2CC(=O)N3CCCC3C2=O)c1. The van der Waals surface area contributed by atoms with Crippen LogP contribution in [0, 0.1) is 0 Å². The van der Waals surface area contributed by atoms with Crippen LogP contribution in [0.4, 0.5) is 5.69 Å². The Balaban J connectivity index is 1.78. The Hall–Kier alpha value is -2.11. The largest absolute Gasteiger partial charge is 0.399 e. The van der Waals surface area contributed by atoms with Gasteiger partial charge < -0.3 is 15.5 Å². The summed E-state index contributed by atoms with van der Waals surface area (Å²) >= 11 is 0. The summed E-state index contributed by atoms with van der Waals surface area (Å²) in [5.74, 6) is 0.0623. The first-order valence-corrected chi connectivity index (χ1v) is 6.44. The number of nitrogens with two attached hydrogens (primary N) is 1. The number of nitrogen functional groups attached to an aromatic ring is 1. The minimum Gasteiger partial charge on any atom is -0.399 e. The van der Waals surface area contributed by atoms with Gasteiger partial charge in [-0.1, -0.05) is 0 Å². The van der Waals surface area contributed by atoms with Crippen molar-refractivity contribution in [2.24, 2.45) is 0 Å². The third-order valence-corrected chi connectivity index (χ3v) is 3.69. The van der Waals surface area contributed by atoms with Crippen molar-refractivity contribution in [1.82, 2.24) is 14.8 Å². The molecule has 2 aliphatic rings. The molecule has 3 heterocycles. The summed E-state index contributed by atoms with van der Waals surface area (Å²) in [6, 6.07) is 3.17. The number of pyridine rings is 1. The molecule has 0 aromatic carbocycles. The molecule has 2 saturated heterocycles. The zero-order valence-electron chi connectivity index (χ0n) is 10.6. The maximum absolute atomic E-state index is 12.3. The molecule has 2 N–H and O–H groups in total. The number of piperazine rings is 1. The van der Waals surface area contributed by atoms with Crippen LogP contribution in [-0.4, -0.2) is 45.7 Å². The number of fused-ring (bicyclic) bond motifs is 1. The standard InChI is InChI=1S/C13H16N4O2/c14-9-3-4-15-10(6-9)7-16-8-12(18)17-5-1-2-11(17)13(16)19/h3-4,6,11H,1-2,5,7-8H2,(H2,14,15). The Kier molecular flexibility index (Phi) is 2.85. The molecule has 1 aromatic rings. The Morgan fingerprint density at radius 1 is 1.42 bits per heavy atom. The van der Waals surface area contributed by atoms with Crippen molar-refractivity contribution in [3.63, 3.8) is 0 Å². The number of rotatable bonds is 2. The molecule has 2 fully saturated rings. The minimum absolute atomic E-state index is 0.0290. The van der Waals surface area contributed by atoms with E-state index in [1.165, 1.54) is 0 Å². The number of carbonyl (C=O) groups excluding carboxylic acids is 2. The topological polar surface area (TPSA) is 79.5 Å². The fourth-order valence-corrected chi connectivity index (χ4v) is 2.78. The fraction of sp³-hybridized carbons (Fsp3) is 0.462. The molecule has 2 aliphatic heterocycles. The van der Waals surface area contributed by atoms with E-state index in [0.29, 0.717) is 24.5 Å². The molecule has 2 amide bonds. The van der Waals surface area contributed by atoms with E-state index in [1.54, 1.807) is 28.1 Å². The van der Waals surface area contributed by atoms with Gasteiger partial charge in [0, 0.05) is 18.4 Å². The molecule has 0 saturated carbocycles. The molecule has 1 aromatic heterocycles. The lowest BCUT2D eigenvalue weighted by molar-refractivity contribution is -0.154. The highest BCUT2D eigenvalue weighted by molar-refractivity contribution is 5.95. The van der Waals surface area contributed by atoms with Crippen LogP contribution in [0.5, 0.6) is 0 Å². The Morgan fingerprint density at radius 2 is 2.26 bits per heavy atom. The normalized spacial score (nSPS) is 22.8. The number of aromatic nitrogens is 1. The highest BCUT2D eigenvalue weighted by Gasteiger charge is 2.41. The Labute approximate surface area is 111 Å². The highest BCUT2D eigenvalue weighted by atomic mass is 16.2. The van der Waals surface area contributed by atoms with Crippen LogP contribution in [0.3, 0.4) is 0 Å². The van der Waals surface area contributed by atoms with Crippen molar-refractivity contribution in [3.05, 3.63) is 24.0 Å². The highest BCUT2D eigenvalue weighted by Crippen LogP contribution is 2.24. The van der Waals surface area contributed by atoms with E-state index in [0.717, 1.165) is 12.8 Å². The van der Waals surface area contributed by atoms with Crippen molar-refractivity contribution >= 4 is 17.5 Å². The van der Waals surface area contributed by atoms with Gasteiger partial charge in [-0.2, -0.15) is 0 Å². The first-order valence-electron chi connectivity index (χ1n) is 6.44. The zero-order valence-corrected chi connectivity index (χ0v) is 10.6. The molecule has 0 bridgehead atoms. The van der Waals surface area contributed by atoms with Crippen molar-refractivity contribution in [2.45, 2.75) is 25.4 Å². The van der Waals surface area contributed by atoms with E-state index in [4.69, 9.17) is 5.73 Å². The molecule has 0 spiro atoms. The predicted molar refractivity (Wildman–Crippen MR) is 68.8 cm³/mol. The van der Waals surface area contributed by atoms with Crippen LogP contribution in [0.25, 0.3) is 0 Å². The summed E-state index contributed by atoms with van der Waals surface area (Å²) in [4.78, 5) is 31.8. The van der Waals surface area contributed by atoms with Gasteiger partial charge in [0.25, 0.3) is 0 Å². The third kappa shape index (κ3) is 2.14. The molecule has 3 rings (SSSR count). The summed E-state index contributed by atoms with van der Waals surface area (Å²) in [5, 5.41) is 0. The summed E-state index contributed by atoms with van der Waals surface area (Å²) in [7, 11) is 0. The van der Waals surface area contributed by atoms with Gasteiger partial charge in [0.1, 0.15) is 12.6 Å². The first kappa shape index (κ1) is 12.0. The van der Waals surface area contributed by atoms with Gasteiger partial charge in [-0.25, -0.2) is 0 Å². The van der Waals surface area contributed by atoms with E-state index in [2.05, 4.69) is 4.98 Å². The van der Waals surface area contributed by atoms with Crippen molar-refractivity contribution < 1.29 is 9.59 Å². The molecular formula is C13H16N4O2. The number of nitrogens with zero attached hydrogens (tertiary/aromatic N) is 3. The number of anilines is 1. The van der Waals surface area contributed by atoms with Gasteiger partial charge in [-0.15, -0.1) is 0 Å². The van der Waals surface area contributed by atoms with Gasteiger partial charge in [-0.3, -0.25) is 14.6 Å². The van der Waals surface area contributed by atoms with Gasteiger partial charge in [0.05, 0.1) is 12.2 Å². The van der Waals surface area contributed by atoms with E-state index in [1.807, 2.05) is 0 Å². The Bertz CT molecular complexity index is 531. The Morgan fingerprint density at radius 3 is 3.05 bits per heavy atom. The molecule has 6 heteroatoms. The lowest BCUT2D eigenvalue weighted by Crippen LogP contribution is -2.56. The number of hydrogen-bond acceptors (Lipinski definition) is 4. The van der Waals surface area contributed by atoms with Crippen LogP contribution >= 0.6 is 0 Å². The van der Waals surface area contributed by atoms with Crippen LogP contribution in [0.15, 0.2) is 18.3 Å². The molecule has 19 heavy (non-hydrogen) atoms. The molecule has 100 valence electrons. The molecule has 1 unspecified atom stereocenters. The maximum Gasteiger partial charge on any atom is 0.246 e. The first-order chi connectivity index (χ1) is 9.15. The lowest BCUT2D eigenvalue weighted by Gasteiger charge is -2.36. The second-order valence-corrected chi connectivity index (χ2v) is 5.02. The number of carbonyl (C=O) groups is 2. The summed E-state index contributed by atoms with van der Waals surface area (Å²) in [6.45, 7) is 1.20. The summed E-state index contributed by atoms with van der Waals surface area (Å²) in [6.07, 6.45) is 3.29. The lowest BCUT2D eigenvalue weighted by atomic mass is 10.1. The fourth-order valence-electron chi connectivity index (χ4n) is 2.78. The van der Waals surface area contributed by atoms with Crippen molar-refractivity contribution in [3.8, 4) is 0 Å². The van der Waals surface area contributed by atoms with Crippen LogP contribution in [0.2, 0.25) is 0 Å². The van der Waals surface area contributed by atoms with Gasteiger partial charge in [0.15, 0.2) is 0 Å². The minimum atomic E-state index is -0.262. The molecule has 0 radical (unpaired) electrons. The average molecular weight is 260 g/mol. The predicted octanol–water partition coefficient (Wildman–Crippen LogP) is -0.00300. The van der Waals surface area contributed by atoms with Gasteiger partial charge in [-0.05, 0) is 25.0 Å². The van der Waals surface area contributed by atoms with Gasteiger partial charge >= 0.3 is 0 Å². The molecular weight excluding hydrogens is 244 g/mol. The van der Waals surface area contributed by atoms with Crippen LogP contribution in [0.1, 0.15) is 18.5 Å². The summed E-state index contributed by atoms with van der Waals surface area (Å²) < 4.78 is 0. The molecule has 1 atom stereocenters. The molecule has 6 nitrogen and oxygen atoms in total. The second kappa shape index (κ2) is 4.53. The number of amides is 2. The monoisotopic (exact) mass is 260 g/mol. The van der Waals surface area contributed by atoms with E-state index in [-0.39, 0.29) is 24.4 Å². The second-order valence-electron chi connectivity index (χ2n) is 5.02. The molecule has 0 aliphatic carbocycles. The van der Waals surface area contributed by atoms with E-state index < -0.39 is 0 Å². The van der Waals surface area contributed by atoms with Crippen LogP contribution < -0.4 is 5.73 Å². The third-order valence-electron chi connectivity index (χ3n) is 3.69. The van der Waals surface area contributed by atoms with E-state index in [9.17, 15) is 9.59 Å². The summed E-state index contributed by atoms with van der Waals surface area (Å²) in [5.41, 5.74) is 7.02. The maximum atomic E-state index is 12.3. The van der Waals surface area contributed by atoms with Gasteiger partial charge in [0.2, 0.25) is 11.8 Å².